The Labute approximate surface area is 86.4 Å². The van der Waals surface area contributed by atoms with Gasteiger partial charge in [-0.15, -0.1) is 0 Å². The summed E-state index contributed by atoms with van der Waals surface area (Å²) >= 11 is 0. The largest absolute Gasteiger partial charge is 0.448 e. The van der Waals surface area contributed by atoms with Crippen LogP contribution in [0.5, 0.6) is 0 Å². The molecule has 0 saturated carbocycles. The summed E-state index contributed by atoms with van der Waals surface area (Å²) < 4.78 is 19.7. The van der Waals surface area contributed by atoms with Gasteiger partial charge < -0.3 is 18.9 Å². The van der Waals surface area contributed by atoms with Crippen LogP contribution in [-0.4, -0.2) is 50.1 Å². The number of epoxide rings is 1. The van der Waals surface area contributed by atoms with E-state index in [0.29, 0.717) is 13.2 Å². The van der Waals surface area contributed by atoms with Crippen molar-refractivity contribution in [2.45, 2.75) is 25.2 Å². The summed E-state index contributed by atoms with van der Waals surface area (Å²) in [6.07, 6.45) is -1.63. The van der Waals surface area contributed by atoms with Gasteiger partial charge in [0, 0.05) is 0 Å². The summed E-state index contributed by atoms with van der Waals surface area (Å²) in [7, 11) is 0. The molecule has 2 aliphatic rings. The van der Waals surface area contributed by atoms with Gasteiger partial charge in [-0.2, -0.15) is 0 Å². The molecule has 2 rings (SSSR count). The third-order valence-corrected chi connectivity index (χ3v) is 2.12. The van der Waals surface area contributed by atoms with E-state index in [-0.39, 0.29) is 12.7 Å². The van der Waals surface area contributed by atoms with E-state index >= 15 is 0 Å². The molecule has 3 unspecified atom stereocenters. The van der Waals surface area contributed by atoms with Gasteiger partial charge in [0.1, 0.15) is 6.10 Å². The minimum atomic E-state index is -0.938. The quantitative estimate of drug-likeness (QED) is 0.455. The van der Waals surface area contributed by atoms with Crippen LogP contribution in [0, 0.1) is 0 Å². The zero-order valence-corrected chi connectivity index (χ0v) is 8.30. The van der Waals surface area contributed by atoms with Gasteiger partial charge in [0.05, 0.1) is 19.8 Å². The molecule has 2 aliphatic heterocycles. The van der Waals surface area contributed by atoms with Gasteiger partial charge in [-0.05, 0) is 6.92 Å². The second kappa shape index (κ2) is 4.16. The predicted molar refractivity (Wildman–Crippen MR) is 46.0 cm³/mol. The van der Waals surface area contributed by atoms with Gasteiger partial charge >= 0.3 is 11.9 Å². The van der Waals surface area contributed by atoms with E-state index in [2.05, 4.69) is 0 Å². The van der Waals surface area contributed by atoms with Gasteiger partial charge in [-0.25, -0.2) is 9.59 Å². The molecule has 0 aliphatic carbocycles. The molecule has 2 fully saturated rings. The fraction of sp³-hybridized carbons (Fsp3) is 0.778. The lowest BCUT2D eigenvalue weighted by Gasteiger charge is -2.25. The predicted octanol–water partition coefficient (Wildman–Crippen LogP) is -0.741. The van der Waals surface area contributed by atoms with E-state index < -0.39 is 24.1 Å². The molecule has 0 bridgehead atoms. The van der Waals surface area contributed by atoms with E-state index in [1.54, 1.807) is 0 Å². The minimum Gasteiger partial charge on any atom is -0.448 e. The first kappa shape index (κ1) is 10.4. The topological polar surface area (TPSA) is 74.4 Å². The number of hydrogen-bond donors (Lipinski definition) is 0. The normalized spacial score (nSPS) is 34.6. The second-order valence-corrected chi connectivity index (χ2v) is 3.50. The molecule has 84 valence electrons. The fourth-order valence-electron chi connectivity index (χ4n) is 1.16. The summed E-state index contributed by atoms with van der Waals surface area (Å²) in [4.78, 5) is 22.3. The summed E-state index contributed by atoms with van der Waals surface area (Å²) in [5, 5.41) is 0. The fourth-order valence-corrected chi connectivity index (χ4v) is 1.16. The number of cyclic esters (lactones) is 2. The average Bonchev–Trinajstić information content (AvgIpc) is 2.97. The van der Waals surface area contributed by atoms with E-state index in [4.69, 9.17) is 18.9 Å². The number of ether oxygens (including phenoxy) is 4. The van der Waals surface area contributed by atoms with Crippen LogP contribution in [0.25, 0.3) is 0 Å². The van der Waals surface area contributed by atoms with Crippen molar-refractivity contribution in [1.82, 2.24) is 0 Å². The third-order valence-electron chi connectivity index (χ3n) is 2.12. The Morgan fingerprint density at radius 3 is 2.67 bits per heavy atom. The van der Waals surface area contributed by atoms with E-state index in [1.807, 2.05) is 0 Å². The number of hydrogen-bond acceptors (Lipinski definition) is 6. The number of carbonyl (C=O) groups excluding carboxylic acids is 2. The van der Waals surface area contributed by atoms with Crippen LogP contribution in [0.15, 0.2) is 0 Å². The number of carbonyl (C=O) groups is 2. The van der Waals surface area contributed by atoms with Crippen molar-refractivity contribution in [2.24, 2.45) is 0 Å². The Morgan fingerprint density at radius 2 is 2.00 bits per heavy atom. The molecule has 6 nitrogen and oxygen atoms in total. The highest BCUT2D eigenvalue weighted by atomic mass is 16.7. The molecule has 0 radical (unpaired) electrons. The molecule has 3 atom stereocenters. The van der Waals surface area contributed by atoms with Crippen molar-refractivity contribution in [3.05, 3.63) is 0 Å². The average molecular weight is 216 g/mol. The van der Waals surface area contributed by atoms with Crippen LogP contribution in [0.2, 0.25) is 0 Å². The summed E-state index contributed by atoms with van der Waals surface area (Å²) in [5.41, 5.74) is 0. The second-order valence-electron chi connectivity index (χ2n) is 3.50. The Hall–Kier alpha value is -1.14. The Kier molecular flexibility index (Phi) is 2.88. The van der Waals surface area contributed by atoms with Crippen molar-refractivity contribution in [1.29, 1.82) is 0 Å². The van der Waals surface area contributed by atoms with Crippen LogP contribution < -0.4 is 0 Å². The number of esters is 2. The lowest BCUT2D eigenvalue weighted by molar-refractivity contribution is -0.197. The Bertz CT molecular complexity index is 272. The molecule has 15 heavy (non-hydrogen) atoms. The molecule has 2 heterocycles. The molecule has 2 saturated heterocycles. The highest BCUT2D eigenvalue weighted by Crippen LogP contribution is 2.12. The molecule has 0 aromatic rings. The standard InChI is InChI=1S/C9H12O6/c1-5-8(10)15-7(9(11)14-5)4-12-2-6-3-13-6/h5-7H,2-4H2,1H3. The van der Waals surface area contributed by atoms with Crippen molar-refractivity contribution < 1.29 is 28.5 Å². The van der Waals surface area contributed by atoms with Gasteiger partial charge in [-0.1, -0.05) is 0 Å². The summed E-state index contributed by atoms with van der Waals surface area (Å²) in [5.74, 6) is -1.09. The smallest absolute Gasteiger partial charge is 0.350 e. The first-order valence-corrected chi connectivity index (χ1v) is 4.77. The Balaban J connectivity index is 1.74. The van der Waals surface area contributed by atoms with Crippen LogP contribution in [0.3, 0.4) is 0 Å². The van der Waals surface area contributed by atoms with Crippen LogP contribution in [-0.2, 0) is 28.5 Å². The van der Waals surface area contributed by atoms with E-state index in [9.17, 15) is 9.59 Å². The first-order chi connectivity index (χ1) is 7.16. The molecular formula is C9H12O6. The van der Waals surface area contributed by atoms with Crippen molar-refractivity contribution in [3.63, 3.8) is 0 Å². The van der Waals surface area contributed by atoms with Gasteiger partial charge in [0.25, 0.3) is 0 Å². The summed E-state index contributed by atoms with van der Waals surface area (Å²) in [6.45, 7) is 2.59. The monoisotopic (exact) mass is 216 g/mol. The molecule has 0 N–H and O–H groups in total. The van der Waals surface area contributed by atoms with E-state index in [0.717, 1.165) is 0 Å². The molecule has 6 heteroatoms. The lowest BCUT2D eigenvalue weighted by Crippen LogP contribution is -2.44. The Morgan fingerprint density at radius 1 is 1.27 bits per heavy atom. The zero-order chi connectivity index (χ0) is 10.8. The summed E-state index contributed by atoms with van der Waals surface area (Å²) in [6, 6.07) is 0. The van der Waals surface area contributed by atoms with Gasteiger partial charge in [0.15, 0.2) is 6.10 Å². The molecular weight excluding hydrogens is 204 g/mol. The SMILES string of the molecule is CC1OC(=O)C(COCC2CO2)OC1=O. The zero-order valence-electron chi connectivity index (χ0n) is 8.30. The third kappa shape index (κ3) is 2.66. The van der Waals surface area contributed by atoms with Gasteiger partial charge in [-0.3, -0.25) is 0 Å². The highest BCUT2D eigenvalue weighted by Gasteiger charge is 2.36. The maximum absolute atomic E-state index is 11.2. The van der Waals surface area contributed by atoms with Crippen LogP contribution in [0.1, 0.15) is 6.92 Å². The molecule has 0 aromatic carbocycles. The van der Waals surface area contributed by atoms with Crippen molar-refractivity contribution in [3.8, 4) is 0 Å². The maximum atomic E-state index is 11.2. The highest BCUT2D eigenvalue weighted by molar-refractivity contribution is 5.87. The maximum Gasteiger partial charge on any atom is 0.350 e. The number of rotatable bonds is 4. The van der Waals surface area contributed by atoms with Crippen LogP contribution >= 0.6 is 0 Å². The molecule has 0 aromatic heterocycles. The van der Waals surface area contributed by atoms with Crippen molar-refractivity contribution in [2.75, 3.05) is 19.8 Å². The lowest BCUT2D eigenvalue weighted by atomic mass is 10.3. The minimum absolute atomic E-state index is 0.0250. The van der Waals surface area contributed by atoms with Gasteiger partial charge in [0.2, 0.25) is 6.10 Å². The first-order valence-electron chi connectivity index (χ1n) is 4.77. The van der Waals surface area contributed by atoms with E-state index in [1.165, 1.54) is 6.92 Å². The molecule has 0 amide bonds. The van der Waals surface area contributed by atoms with Crippen molar-refractivity contribution >= 4 is 11.9 Å². The molecule has 0 spiro atoms. The van der Waals surface area contributed by atoms with Crippen LogP contribution in [0.4, 0.5) is 0 Å².